The molecule has 0 spiro atoms. The van der Waals surface area contributed by atoms with Crippen LogP contribution in [0, 0.1) is 5.92 Å². The highest BCUT2D eigenvalue weighted by molar-refractivity contribution is 5.72. The predicted molar refractivity (Wildman–Crippen MR) is 73.7 cm³/mol. The van der Waals surface area contributed by atoms with Gasteiger partial charge in [-0.3, -0.25) is 0 Å². The number of methoxy groups -OCH3 is 1. The maximum atomic E-state index is 11.2. The molecule has 0 aliphatic heterocycles. The van der Waals surface area contributed by atoms with Gasteiger partial charge in [0.2, 0.25) is 0 Å². The Hall–Kier alpha value is -1.71. The molecule has 1 rings (SSSR count). The van der Waals surface area contributed by atoms with Crippen LogP contribution in [0.15, 0.2) is 24.3 Å². The largest absolute Gasteiger partial charge is 0.493 e. The summed E-state index contributed by atoms with van der Waals surface area (Å²) in [4.78, 5) is 11.2. The maximum Gasteiger partial charge on any atom is 0.344 e. The second-order valence-electron chi connectivity index (χ2n) is 4.69. The molecule has 0 saturated carbocycles. The number of aliphatic carboxylic acids is 1. The zero-order chi connectivity index (χ0) is 14.3. The molecule has 1 aromatic rings. The number of para-hydroxylation sites is 2. The molecule has 0 aliphatic carbocycles. The average molecular weight is 266 g/mol. The van der Waals surface area contributed by atoms with Crippen LogP contribution >= 0.6 is 0 Å². The van der Waals surface area contributed by atoms with Crippen molar-refractivity contribution < 1.29 is 19.4 Å². The highest BCUT2D eigenvalue weighted by Crippen LogP contribution is 2.28. The molecule has 0 saturated heterocycles. The third-order valence-electron chi connectivity index (χ3n) is 3.23. The number of benzene rings is 1. The Bertz CT molecular complexity index is 403. The number of carboxylic acid groups (broad SMARTS) is 1. The minimum absolute atomic E-state index is 0.474. The van der Waals surface area contributed by atoms with Crippen molar-refractivity contribution in [1.29, 1.82) is 0 Å². The fourth-order valence-corrected chi connectivity index (χ4v) is 1.74. The van der Waals surface area contributed by atoms with E-state index in [1.807, 2.05) is 6.07 Å². The number of hydrogen-bond donors (Lipinski definition) is 1. The average Bonchev–Trinajstić information content (AvgIpc) is 2.42. The molecule has 0 aromatic heterocycles. The van der Waals surface area contributed by atoms with Crippen LogP contribution in [0.4, 0.5) is 0 Å². The first-order chi connectivity index (χ1) is 9.08. The van der Waals surface area contributed by atoms with Crippen molar-refractivity contribution >= 4 is 5.97 Å². The van der Waals surface area contributed by atoms with Gasteiger partial charge in [-0.1, -0.05) is 32.4 Å². The van der Waals surface area contributed by atoms with E-state index in [1.54, 1.807) is 18.2 Å². The van der Waals surface area contributed by atoms with Gasteiger partial charge in [0, 0.05) is 0 Å². The summed E-state index contributed by atoms with van der Waals surface area (Å²) in [6, 6.07) is 7.09. The van der Waals surface area contributed by atoms with Crippen molar-refractivity contribution in [1.82, 2.24) is 0 Å². The van der Waals surface area contributed by atoms with Crippen molar-refractivity contribution in [3.63, 3.8) is 0 Å². The van der Waals surface area contributed by atoms with Crippen molar-refractivity contribution in [3.05, 3.63) is 24.3 Å². The summed E-state index contributed by atoms with van der Waals surface area (Å²) in [6.45, 7) is 4.21. The molecular formula is C15H22O4. The van der Waals surface area contributed by atoms with Gasteiger partial charge in [-0.25, -0.2) is 4.79 Å². The fraction of sp³-hybridized carbons (Fsp3) is 0.533. The van der Waals surface area contributed by atoms with Gasteiger partial charge >= 0.3 is 5.97 Å². The van der Waals surface area contributed by atoms with Crippen LogP contribution in [0.25, 0.3) is 0 Å². The zero-order valence-corrected chi connectivity index (χ0v) is 11.8. The van der Waals surface area contributed by atoms with Gasteiger partial charge in [-0.15, -0.1) is 0 Å². The van der Waals surface area contributed by atoms with Gasteiger partial charge in [0.25, 0.3) is 0 Å². The lowest BCUT2D eigenvalue weighted by Gasteiger charge is -2.18. The maximum absolute atomic E-state index is 11.2. The molecule has 0 radical (unpaired) electrons. The Labute approximate surface area is 114 Å². The van der Waals surface area contributed by atoms with Crippen LogP contribution in [0.3, 0.4) is 0 Å². The summed E-state index contributed by atoms with van der Waals surface area (Å²) < 4.78 is 10.7. The van der Waals surface area contributed by atoms with E-state index < -0.39 is 12.1 Å². The molecule has 0 bridgehead atoms. The molecule has 0 amide bonds. The monoisotopic (exact) mass is 266 g/mol. The van der Waals surface area contributed by atoms with Gasteiger partial charge < -0.3 is 14.6 Å². The number of rotatable bonds is 8. The molecule has 1 aromatic carbocycles. The zero-order valence-electron chi connectivity index (χ0n) is 11.8. The summed E-state index contributed by atoms with van der Waals surface area (Å²) in [5.41, 5.74) is 0. The normalized spacial score (nSPS) is 13.6. The summed E-state index contributed by atoms with van der Waals surface area (Å²) in [5, 5.41) is 9.22. The van der Waals surface area contributed by atoms with Gasteiger partial charge in [0.1, 0.15) is 0 Å². The number of carboxylic acids is 1. The van der Waals surface area contributed by atoms with E-state index in [-0.39, 0.29) is 0 Å². The van der Waals surface area contributed by atoms with Gasteiger partial charge in [0.05, 0.1) is 7.11 Å². The Morgan fingerprint density at radius 3 is 2.42 bits per heavy atom. The van der Waals surface area contributed by atoms with Crippen molar-refractivity contribution in [2.24, 2.45) is 5.92 Å². The Balaban J connectivity index is 2.70. The lowest BCUT2D eigenvalue weighted by molar-refractivity contribution is -0.145. The van der Waals surface area contributed by atoms with E-state index in [4.69, 9.17) is 9.47 Å². The Morgan fingerprint density at radius 1 is 1.26 bits per heavy atom. The van der Waals surface area contributed by atoms with Crippen LogP contribution in [0.2, 0.25) is 0 Å². The first-order valence-electron chi connectivity index (χ1n) is 6.61. The second kappa shape index (κ2) is 7.67. The van der Waals surface area contributed by atoms with Crippen LogP contribution in [0.1, 0.15) is 33.1 Å². The molecule has 1 N–H and O–H groups in total. The summed E-state index contributed by atoms with van der Waals surface area (Å²) >= 11 is 0. The molecule has 19 heavy (non-hydrogen) atoms. The van der Waals surface area contributed by atoms with Crippen LogP contribution < -0.4 is 9.47 Å². The molecule has 2 unspecified atom stereocenters. The van der Waals surface area contributed by atoms with E-state index in [2.05, 4.69) is 13.8 Å². The first kappa shape index (κ1) is 15.3. The smallest absolute Gasteiger partial charge is 0.344 e. The predicted octanol–water partition coefficient (Wildman–Crippen LogP) is 3.35. The van der Waals surface area contributed by atoms with Crippen molar-refractivity contribution in [2.45, 2.75) is 39.2 Å². The summed E-state index contributed by atoms with van der Waals surface area (Å²) in [5.74, 6) is 0.594. The topological polar surface area (TPSA) is 55.8 Å². The molecular weight excluding hydrogens is 244 g/mol. The van der Waals surface area contributed by atoms with Gasteiger partial charge in [-0.05, 0) is 30.9 Å². The standard InChI is InChI=1S/C15H22O4/c1-4-11(2)9-10-14(15(16)17)19-13-8-6-5-7-12(13)18-3/h5-8,11,14H,4,9-10H2,1-3H3,(H,16,17). The SMILES string of the molecule is CCC(C)CCC(Oc1ccccc1OC)C(=O)O. The van der Waals surface area contributed by atoms with Crippen LogP contribution in [0.5, 0.6) is 11.5 Å². The summed E-state index contributed by atoms with van der Waals surface area (Å²) in [7, 11) is 1.54. The first-order valence-corrected chi connectivity index (χ1v) is 6.61. The van der Waals surface area contributed by atoms with Gasteiger partial charge in [-0.2, -0.15) is 0 Å². The Kier molecular flexibility index (Phi) is 6.19. The molecule has 106 valence electrons. The lowest BCUT2D eigenvalue weighted by atomic mass is 10.0. The summed E-state index contributed by atoms with van der Waals surface area (Å²) in [6.07, 6.45) is 1.55. The van der Waals surface area contributed by atoms with Gasteiger partial charge in [0.15, 0.2) is 17.6 Å². The lowest BCUT2D eigenvalue weighted by Crippen LogP contribution is -2.27. The van der Waals surface area contributed by atoms with Crippen LogP contribution in [-0.4, -0.2) is 24.3 Å². The third-order valence-corrected chi connectivity index (χ3v) is 3.23. The molecule has 4 nitrogen and oxygen atoms in total. The molecule has 0 fully saturated rings. The molecule has 2 atom stereocenters. The highest BCUT2D eigenvalue weighted by Gasteiger charge is 2.21. The quantitative estimate of drug-likeness (QED) is 0.784. The van der Waals surface area contributed by atoms with Crippen molar-refractivity contribution in [3.8, 4) is 11.5 Å². The minimum Gasteiger partial charge on any atom is -0.493 e. The highest BCUT2D eigenvalue weighted by atomic mass is 16.5. The third kappa shape index (κ3) is 4.81. The van der Waals surface area contributed by atoms with E-state index in [0.29, 0.717) is 23.8 Å². The van der Waals surface area contributed by atoms with E-state index in [1.165, 1.54) is 7.11 Å². The number of carbonyl (C=O) groups is 1. The molecule has 4 heteroatoms. The molecule has 0 heterocycles. The van der Waals surface area contributed by atoms with E-state index >= 15 is 0 Å². The van der Waals surface area contributed by atoms with Crippen LogP contribution in [-0.2, 0) is 4.79 Å². The second-order valence-corrected chi connectivity index (χ2v) is 4.69. The van der Waals surface area contributed by atoms with E-state index in [0.717, 1.165) is 12.8 Å². The minimum atomic E-state index is -0.936. The van der Waals surface area contributed by atoms with E-state index in [9.17, 15) is 9.90 Å². The number of hydrogen-bond acceptors (Lipinski definition) is 3. The Morgan fingerprint density at radius 2 is 1.89 bits per heavy atom. The molecule has 0 aliphatic rings. The van der Waals surface area contributed by atoms with Crippen molar-refractivity contribution in [2.75, 3.05) is 7.11 Å². The number of ether oxygens (including phenoxy) is 2. The fourth-order valence-electron chi connectivity index (χ4n) is 1.74.